The molecule has 2 aliphatic rings. The molecule has 2 aliphatic carbocycles. The second-order valence-electron chi connectivity index (χ2n) is 10.2. The van der Waals surface area contributed by atoms with E-state index in [1.807, 2.05) is 12.1 Å². The number of anilines is 1. The van der Waals surface area contributed by atoms with E-state index >= 15 is 0 Å². The average Bonchev–Trinajstić information content (AvgIpc) is 3.75. The molecule has 1 saturated carbocycles. The van der Waals surface area contributed by atoms with E-state index in [1.54, 1.807) is 33.5 Å². The Morgan fingerprint density at radius 2 is 1.69 bits per heavy atom. The second-order valence-corrected chi connectivity index (χ2v) is 10.2. The van der Waals surface area contributed by atoms with Gasteiger partial charge in [0, 0.05) is 31.5 Å². The number of carbonyl (C=O) groups excluding carboxylic acids is 2. The summed E-state index contributed by atoms with van der Waals surface area (Å²) >= 11 is 0. The van der Waals surface area contributed by atoms with E-state index in [0.717, 1.165) is 54.4 Å². The van der Waals surface area contributed by atoms with Gasteiger partial charge in [-0.2, -0.15) is 0 Å². The maximum absolute atomic E-state index is 13.3. The first-order chi connectivity index (χ1) is 18.9. The lowest BCUT2D eigenvalue weighted by molar-refractivity contribution is -0.121. The third-order valence-electron chi connectivity index (χ3n) is 7.25. The normalized spacial score (nSPS) is 15.7. The van der Waals surface area contributed by atoms with E-state index in [-0.39, 0.29) is 23.3 Å². The van der Waals surface area contributed by atoms with Gasteiger partial charge in [0.05, 0.1) is 33.1 Å². The lowest BCUT2D eigenvalue weighted by atomic mass is 9.95. The minimum Gasteiger partial charge on any atom is -0.493 e. The fraction of sp³-hybridized carbons (Fsp3) is 0.500. The molecule has 0 unspecified atom stereocenters. The lowest BCUT2D eigenvalue weighted by Gasteiger charge is -2.19. The molecule has 1 fully saturated rings. The number of fused-ring (bicyclic) bond motifs is 3. The summed E-state index contributed by atoms with van der Waals surface area (Å²) in [5, 5.41) is 9.31. The zero-order valence-electron chi connectivity index (χ0n) is 23.3. The number of hydrogen-bond donors (Lipinski definition) is 3. The monoisotopic (exact) mass is 537 g/mol. The summed E-state index contributed by atoms with van der Waals surface area (Å²) < 4.78 is 17.0. The van der Waals surface area contributed by atoms with Crippen LogP contribution in [-0.4, -0.2) is 45.7 Å². The van der Waals surface area contributed by atoms with Gasteiger partial charge in [0.25, 0.3) is 0 Å². The molecule has 9 nitrogen and oxygen atoms in total. The van der Waals surface area contributed by atoms with Gasteiger partial charge >= 0.3 is 0 Å². The second kappa shape index (κ2) is 12.9. The lowest BCUT2D eigenvalue weighted by Crippen LogP contribution is -2.26. The molecule has 3 N–H and O–H groups in total. The van der Waals surface area contributed by atoms with Crippen molar-refractivity contribution in [3.05, 3.63) is 45.6 Å². The number of methoxy groups -OCH3 is 3. The zero-order valence-corrected chi connectivity index (χ0v) is 23.3. The Kier molecular flexibility index (Phi) is 9.32. The molecule has 2 aromatic carbocycles. The minimum absolute atomic E-state index is 0.127. The van der Waals surface area contributed by atoms with Crippen LogP contribution < -0.4 is 35.6 Å². The van der Waals surface area contributed by atoms with Crippen LogP contribution in [0.4, 0.5) is 5.69 Å². The first-order valence-electron chi connectivity index (χ1n) is 13.7. The van der Waals surface area contributed by atoms with Crippen molar-refractivity contribution >= 4 is 17.5 Å². The van der Waals surface area contributed by atoms with E-state index in [0.29, 0.717) is 54.8 Å². The molecule has 0 aliphatic heterocycles. The molecule has 0 bridgehead atoms. The van der Waals surface area contributed by atoms with Gasteiger partial charge in [-0.25, -0.2) is 0 Å². The predicted octanol–water partition coefficient (Wildman–Crippen LogP) is 4.11. The molecule has 210 valence electrons. The summed E-state index contributed by atoms with van der Waals surface area (Å²) in [6.45, 7) is 2.10. The quantitative estimate of drug-likeness (QED) is 0.349. The molecule has 0 spiro atoms. The predicted molar refractivity (Wildman–Crippen MR) is 151 cm³/mol. The van der Waals surface area contributed by atoms with Crippen LogP contribution in [0, 0.1) is 0 Å². The van der Waals surface area contributed by atoms with E-state index in [9.17, 15) is 14.4 Å². The van der Waals surface area contributed by atoms with Gasteiger partial charge in [-0.05, 0) is 73.4 Å². The highest BCUT2D eigenvalue weighted by atomic mass is 16.5. The third-order valence-corrected chi connectivity index (χ3v) is 7.25. The highest BCUT2D eigenvalue weighted by Gasteiger charge is 2.29. The van der Waals surface area contributed by atoms with Crippen LogP contribution in [0.3, 0.4) is 0 Å². The molecular formula is C30H39N3O6. The number of carbonyl (C=O) groups is 2. The summed E-state index contributed by atoms with van der Waals surface area (Å²) in [4.78, 5) is 37.3. The molecule has 2 amide bonds. The van der Waals surface area contributed by atoms with Crippen LogP contribution in [0.15, 0.2) is 29.1 Å². The Hall–Kier alpha value is -3.75. The van der Waals surface area contributed by atoms with Crippen LogP contribution in [0.5, 0.6) is 17.2 Å². The van der Waals surface area contributed by atoms with Gasteiger partial charge < -0.3 is 30.2 Å². The summed E-state index contributed by atoms with van der Waals surface area (Å²) in [6.07, 6.45) is 6.54. The summed E-state index contributed by atoms with van der Waals surface area (Å²) in [5.41, 5.74) is 3.66. The largest absolute Gasteiger partial charge is 0.493 e. The molecular weight excluding hydrogens is 498 g/mol. The molecule has 39 heavy (non-hydrogen) atoms. The SMILES string of the molecule is COc1cc2c(c(OC)c1OC)-c1ccc(NCCCCCC(=O)NC3CC3)c(=O)cc1[C@@H](NC(C)=O)CC2. The van der Waals surface area contributed by atoms with Crippen LogP contribution >= 0.6 is 0 Å². The van der Waals surface area contributed by atoms with Crippen molar-refractivity contribution in [2.45, 2.75) is 70.4 Å². The van der Waals surface area contributed by atoms with Gasteiger partial charge in [0.1, 0.15) is 0 Å². The molecule has 1 atom stereocenters. The van der Waals surface area contributed by atoms with Gasteiger partial charge in [-0.1, -0.05) is 12.5 Å². The number of hydrogen-bond acceptors (Lipinski definition) is 7. The van der Waals surface area contributed by atoms with Gasteiger partial charge in [-0.15, -0.1) is 0 Å². The number of unbranched alkanes of at least 4 members (excludes halogenated alkanes) is 2. The van der Waals surface area contributed by atoms with Crippen molar-refractivity contribution in [1.82, 2.24) is 10.6 Å². The zero-order chi connectivity index (χ0) is 27.9. The molecule has 4 rings (SSSR count). The summed E-state index contributed by atoms with van der Waals surface area (Å²) in [5.74, 6) is 1.52. The maximum atomic E-state index is 13.3. The first-order valence-corrected chi connectivity index (χ1v) is 13.7. The number of ether oxygens (including phenoxy) is 3. The minimum atomic E-state index is -0.346. The molecule has 0 aromatic heterocycles. The Balaban J connectivity index is 1.60. The smallest absolute Gasteiger partial charge is 0.220 e. The highest BCUT2D eigenvalue weighted by molar-refractivity contribution is 5.83. The van der Waals surface area contributed by atoms with Crippen LogP contribution in [-0.2, 0) is 16.0 Å². The number of aryl methyl sites for hydroxylation is 1. The van der Waals surface area contributed by atoms with Gasteiger partial charge in [0.15, 0.2) is 11.5 Å². The van der Waals surface area contributed by atoms with E-state index in [4.69, 9.17) is 14.2 Å². The van der Waals surface area contributed by atoms with E-state index in [1.165, 1.54) is 6.92 Å². The number of benzene rings is 1. The molecule has 0 radical (unpaired) electrons. The molecule has 2 aromatic rings. The first kappa shape index (κ1) is 28.3. The van der Waals surface area contributed by atoms with Crippen molar-refractivity contribution < 1.29 is 23.8 Å². The Labute approximate surface area is 229 Å². The van der Waals surface area contributed by atoms with Crippen LogP contribution in [0.1, 0.15) is 69.0 Å². The summed E-state index contributed by atoms with van der Waals surface area (Å²) in [7, 11) is 4.73. The number of nitrogens with one attached hydrogen (secondary N) is 3. The summed E-state index contributed by atoms with van der Waals surface area (Å²) in [6, 6.07) is 7.30. The molecule has 0 saturated heterocycles. The molecule has 9 heteroatoms. The van der Waals surface area contributed by atoms with E-state index in [2.05, 4.69) is 16.0 Å². The van der Waals surface area contributed by atoms with Crippen molar-refractivity contribution in [2.75, 3.05) is 33.2 Å². The Morgan fingerprint density at radius 1 is 0.923 bits per heavy atom. The van der Waals surface area contributed by atoms with Gasteiger partial charge in [0.2, 0.25) is 23.0 Å². The highest BCUT2D eigenvalue weighted by Crippen LogP contribution is 2.50. The van der Waals surface area contributed by atoms with Crippen molar-refractivity contribution in [3.8, 4) is 28.4 Å². The number of amides is 2. The van der Waals surface area contributed by atoms with Crippen molar-refractivity contribution in [3.63, 3.8) is 0 Å². The van der Waals surface area contributed by atoms with Crippen LogP contribution in [0.25, 0.3) is 11.1 Å². The Bertz CT molecular complexity index is 1270. The fourth-order valence-electron chi connectivity index (χ4n) is 5.19. The molecule has 0 heterocycles. The Morgan fingerprint density at radius 3 is 2.36 bits per heavy atom. The maximum Gasteiger partial charge on any atom is 0.220 e. The van der Waals surface area contributed by atoms with Gasteiger partial charge in [-0.3, -0.25) is 14.4 Å². The van der Waals surface area contributed by atoms with Crippen LogP contribution in [0.2, 0.25) is 0 Å². The average molecular weight is 538 g/mol. The fourth-order valence-corrected chi connectivity index (χ4v) is 5.19. The topological polar surface area (TPSA) is 115 Å². The van der Waals surface area contributed by atoms with E-state index < -0.39 is 0 Å². The van der Waals surface area contributed by atoms with Crippen molar-refractivity contribution in [2.24, 2.45) is 0 Å². The van der Waals surface area contributed by atoms with Crippen molar-refractivity contribution in [1.29, 1.82) is 0 Å². The third kappa shape index (κ3) is 6.82. The number of rotatable bonds is 12. The standard InChI is InChI=1S/C30H39N3O6/c1-18(34)32-23-13-9-19-16-26(37-2)29(38-3)30(39-4)28(19)21-12-14-24(25(35)17-22(21)23)31-15-7-5-6-8-27(36)33-20-10-11-20/h12,14,16-17,20,23H,5-11,13,15H2,1-4H3,(H,31,35)(H,32,34)(H,33,36)/t23-/m0/s1.